The van der Waals surface area contributed by atoms with Gasteiger partial charge in [0.2, 0.25) is 5.91 Å². The quantitative estimate of drug-likeness (QED) is 0.748. The number of carbonyl (C=O) groups is 1. The molecule has 3 nitrogen and oxygen atoms in total. The third-order valence-electron chi connectivity index (χ3n) is 4.91. The molecule has 2 aliphatic carbocycles. The average molecular weight is 255 g/mol. The summed E-state index contributed by atoms with van der Waals surface area (Å²) in [6, 6.07) is 0. The van der Waals surface area contributed by atoms with Crippen LogP contribution in [0.1, 0.15) is 32.1 Å². The first kappa shape index (κ1) is 11.7. The van der Waals surface area contributed by atoms with Crippen LogP contribution in [0.3, 0.4) is 0 Å². The Hall–Kier alpha value is -0.380. The summed E-state index contributed by atoms with van der Waals surface area (Å²) in [5.74, 6) is 1.65. The highest BCUT2D eigenvalue weighted by atomic mass is 32.2. The molecule has 3 aliphatic rings. The molecule has 0 spiro atoms. The van der Waals surface area contributed by atoms with E-state index < -0.39 is 10.8 Å². The first-order valence-corrected chi connectivity index (χ1v) is 8.40. The van der Waals surface area contributed by atoms with Gasteiger partial charge in [0.05, 0.1) is 0 Å². The van der Waals surface area contributed by atoms with Crippen molar-refractivity contribution in [3.8, 4) is 0 Å². The number of amides is 1. The maximum Gasteiger partial charge on any atom is 0.226 e. The van der Waals surface area contributed by atoms with Crippen molar-refractivity contribution in [3.05, 3.63) is 0 Å². The molecule has 5 atom stereocenters. The van der Waals surface area contributed by atoms with Crippen molar-refractivity contribution in [2.24, 2.45) is 17.8 Å². The highest BCUT2D eigenvalue weighted by molar-refractivity contribution is 7.84. The van der Waals surface area contributed by atoms with Gasteiger partial charge in [-0.15, -0.1) is 0 Å². The average Bonchev–Trinajstić information content (AvgIpc) is 3.02. The molecule has 1 aliphatic heterocycles. The van der Waals surface area contributed by atoms with E-state index in [1.165, 1.54) is 0 Å². The Balaban J connectivity index is 1.72. The monoisotopic (exact) mass is 255 g/mol. The maximum atomic E-state index is 12.4. The lowest BCUT2D eigenvalue weighted by atomic mass is 9.87. The zero-order valence-corrected chi connectivity index (χ0v) is 11.2. The molecule has 0 N–H and O–H groups in total. The predicted molar refractivity (Wildman–Crippen MR) is 68.0 cm³/mol. The van der Waals surface area contributed by atoms with E-state index >= 15 is 0 Å². The van der Waals surface area contributed by atoms with Crippen LogP contribution in [-0.2, 0) is 15.6 Å². The van der Waals surface area contributed by atoms with Gasteiger partial charge in [-0.2, -0.15) is 0 Å². The van der Waals surface area contributed by atoms with Crippen molar-refractivity contribution >= 4 is 16.7 Å². The van der Waals surface area contributed by atoms with E-state index in [4.69, 9.17) is 0 Å². The number of fused-ring (bicyclic) bond motifs is 2. The molecule has 0 aromatic heterocycles. The summed E-state index contributed by atoms with van der Waals surface area (Å²) >= 11 is 0. The highest BCUT2D eigenvalue weighted by Crippen LogP contribution is 2.50. The van der Waals surface area contributed by atoms with Crippen molar-refractivity contribution in [2.45, 2.75) is 37.4 Å². The first-order chi connectivity index (χ1) is 8.16. The molecule has 0 aromatic carbocycles. The molecule has 17 heavy (non-hydrogen) atoms. The van der Waals surface area contributed by atoms with Crippen LogP contribution in [-0.4, -0.2) is 39.6 Å². The molecule has 1 saturated heterocycles. The van der Waals surface area contributed by atoms with Crippen LogP contribution in [0, 0.1) is 17.8 Å². The van der Waals surface area contributed by atoms with Crippen LogP contribution in [0.15, 0.2) is 0 Å². The Kier molecular flexibility index (Phi) is 3.01. The van der Waals surface area contributed by atoms with Gasteiger partial charge in [0.15, 0.2) is 0 Å². The number of nitrogens with zero attached hydrogens (tertiary/aromatic N) is 1. The standard InChI is InChI=1S/C13H21NO2S/c1-17(16)12-8-9-6-10(12)11(7-9)13(15)14-4-2-3-5-14/h9-12H,2-8H2,1H3/t9-,10+,11-,12+,17?/m0/s1. The van der Waals surface area contributed by atoms with E-state index in [2.05, 4.69) is 0 Å². The largest absolute Gasteiger partial charge is 0.342 e. The minimum atomic E-state index is -0.750. The molecule has 3 rings (SSSR count). The Morgan fingerprint density at radius 3 is 2.47 bits per heavy atom. The van der Waals surface area contributed by atoms with Crippen molar-refractivity contribution in [2.75, 3.05) is 19.3 Å². The lowest BCUT2D eigenvalue weighted by molar-refractivity contribution is -0.136. The number of hydrogen-bond acceptors (Lipinski definition) is 2. The van der Waals surface area contributed by atoms with Crippen LogP contribution in [0.4, 0.5) is 0 Å². The van der Waals surface area contributed by atoms with Crippen LogP contribution in [0.2, 0.25) is 0 Å². The first-order valence-electron chi connectivity index (χ1n) is 6.78. The van der Waals surface area contributed by atoms with Crippen LogP contribution in [0.25, 0.3) is 0 Å². The fourth-order valence-corrected chi connectivity index (χ4v) is 5.46. The third-order valence-corrected chi connectivity index (χ3v) is 6.31. The molecular formula is C13H21NO2S. The van der Waals surface area contributed by atoms with E-state index in [1.54, 1.807) is 0 Å². The summed E-state index contributed by atoms with van der Waals surface area (Å²) < 4.78 is 11.7. The fourth-order valence-electron chi connectivity index (χ4n) is 4.12. The Bertz CT molecular complexity index is 351. The molecule has 1 heterocycles. The molecular weight excluding hydrogens is 234 g/mol. The molecule has 0 radical (unpaired) electrons. The predicted octanol–water partition coefficient (Wildman–Crippen LogP) is 1.40. The van der Waals surface area contributed by atoms with Gasteiger partial charge in [0, 0.05) is 41.3 Å². The molecule has 3 fully saturated rings. The third kappa shape index (κ3) is 1.94. The Labute approximate surface area is 105 Å². The SMILES string of the molecule is CS(=O)[C@@H]1C[C@H]2C[C@@H]1[C@@H](C(=O)N1CCCC1)C2. The molecule has 1 amide bonds. The molecule has 1 unspecified atom stereocenters. The van der Waals surface area contributed by atoms with Gasteiger partial charge in [0.25, 0.3) is 0 Å². The van der Waals surface area contributed by atoms with Crippen LogP contribution >= 0.6 is 0 Å². The van der Waals surface area contributed by atoms with Gasteiger partial charge >= 0.3 is 0 Å². The second-order valence-electron chi connectivity index (χ2n) is 5.91. The summed E-state index contributed by atoms with van der Waals surface area (Å²) in [6.45, 7) is 1.90. The van der Waals surface area contributed by atoms with Crippen molar-refractivity contribution in [3.63, 3.8) is 0 Å². The van der Waals surface area contributed by atoms with Gasteiger partial charge in [-0.3, -0.25) is 9.00 Å². The smallest absolute Gasteiger partial charge is 0.226 e. The zero-order valence-electron chi connectivity index (χ0n) is 10.4. The minimum absolute atomic E-state index is 0.195. The molecule has 2 saturated carbocycles. The Morgan fingerprint density at radius 1 is 1.18 bits per heavy atom. The summed E-state index contributed by atoms with van der Waals surface area (Å²) in [4.78, 5) is 14.5. The van der Waals surface area contributed by atoms with E-state index in [0.29, 0.717) is 23.0 Å². The van der Waals surface area contributed by atoms with E-state index in [1.807, 2.05) is 11.2 Å². The lowest BCUT2D eigenvalue weighted by Crippen LogP contribution is -2.40. The maximum absolute atomic E-state index is 12.4. The summed E-state index contributed by atoms with van der Waals surface area (Å²) in [5.41, 5.74) is 0. The highest BCUT2D eigenvalue weighted by Gasteiger charge is 2.51. The second-order valence-corrected chi connectivity index (χ2v) is 7.52. The molecule has 0 aromatic rings. The van der Waals surface area contributed by atoms with Gasteiger partial charge in [0.1, 0.15) is 0 Å². The minimum Gasteiger partial charge on any atom is -0.342 e. The second kappa shape index (κ2) is 4.38. The van der Waals surface area contributed by atoms with Gasteiger partial charge in [-0.25, -0.2) is 0 Å². The molecule has 96 valence electrons. The summed E-state index contributed by atoms with van der Waals surface area (Å²) in [7, 11) is -0.750. The fraction of sp³-hybridized carbons (Fsp3) is 0.923. The van der Waals surface area contributed by atoms with Gasteiger partial charge < -0.3 is 4.90 Å². The Morgan fingerprint density at radius 2 is 1.88 bits per heavy atom. The number of likely N-dealkylation sites (tertiary alicyclic amines) is 1. The van der Waals surface area contributed by atoms with Crippen molar-refractivity contribution < 1.29 is 9.00 Å². The summed E-state index contributed by atoms with van der Waals surface area (Å²) in [5, 5.41) is 0.297. The van der Waals surface area contributed by atoms with E-state index in [-0.39, 0.29) is 5.92 Å². The van der Waals surface area contributed by atoms with Crippen molar-refractivity contribution in [1.29, 1.82) is 0 Å². The van der Waals surface area contributed by atoms with Gasteiger partial charge in [-0.1, -0.05) is 0 Å². The lowest BCUT2D eigenvalue weighted by Gasteiger charge is -2.30. The molecule has 2 bridgehead atoms. The van der Waals surface area contributed by atoms with Gasteiger partial charge in [-0.05, 0) is 43.9 Å². The van der Waals surface area contributed by atoms with E-state index in [0.717, 1.165) is 45.2 Å². The van der Waals surface area contributed by atoms with Crippen LogP contribution in [0.5, 0.6) is 0 Å². The normalized spacial score (nSPS) is 42.1. The molecule has 4 heteroatoms. The summed E-state index contributed by atoms with van der Waals surface area (Å²) in [6.07, 6.45) is 7.44. The van der Waals surface area contributed by atoms with E-state index in [9.17, 15) is 9.00 Å². The number of rotatable bonds is 2. The number of carbonyl (C=O) groups excluding carboxylic acids is 1. The van der Waals surface area contributed by atoms with Crippen LogP contribution < -0.4 is 0 Å². The topological polar surface area (TPSA) is 37.4 Å². The number of hydrogen-bond donors (Lipinski definition) is 0. The van der Waals surface area contributed by atoms with Crippen molar-refractivity contribution in [1.82, 2.24) is 4.90 Å². The zero-order chi connectivity index (χ0) is 12.0.